The number of halogens is 4. The number of rotatable bonds is 9. The Kier molecular flexibility index (Phi) is 8.16. The summed E-state index contributed by atoms with van der Waals surface area (Å²) in [6.45, 7) is 0.953. The topological polar surface area (TPSA) is 75.7 Å². The highest BCUT2D eigenvalue weighted by molar-refractivity contribution is 7.89. The molecule has 1 aliphatic heterocycles. The first-order chi connectivity index (χ1) is 17.1. The van der Waals surface area contributed by atoms with Crippen LogP contribution in [0.15, 0.2) is 30.3 Å². The molecule has 1 atom stereocenters. The lowest BCUT2D eigenvalue weighted by atomic mass is 9.95. The van der Waals surface area contributed by atoms with E-state index in [1.54, 1.807) is 10.8 Å². The number of sulfonamides is 1. The third-order valence-electron chi connectivity index (χ3n) is 6.68. The normalized spacial score (nSPS) is 18.1. The minimum absolute atomic E-state index is 0.0345. The number of nitrogens with one attached hydrogen (secondary N) is 1. The minimum atomic E-state index is -3.82. The number of benzene rings is 2. The number of hydrogen-bond donors (Lipinski definition) is 1. The van der Waals surface area contributed by atoms with Gasteiger partial charge in [-0.25, -0.2) is 26.3 Å². The molecular weight excluding hydrogens is 517 g/mol. The lowest BCUT2D eigenvalue weighted by Gasteiger charge is -2.36. The lowest BCUT2D eigenvalue weighted by Crippen LogP contribution is -2.39. The molecular formula is C25H28ClF3N2O4S. The van der Waals surface area contributed by atoms with Crippen molar-refractivity contribution in [3.63, 3.8) is 0 Å². The van der Waals surface area contributed by atoms with E-state index in [9.17, 15) is 26.4 Å². The van der Waals surface area contributed by atoms with Gasteiger partial charge in [0.1, 0.15) is 24.1 Å². The van der Waals surface area contributed by atoms with Crippen molar-refractivity contribution in [3.8, 4) is 5.75 Å². The van der Waals surface area contributed by atoms with Crippen LogP contribution >= 0.6 is 11.6 Å². The standard InChI is InChI=1S/C25H28ClF3N2O4S/c1-36(33,34)30-25(32)19-11-18(16-2-3-16)24(12-22(19)29)35-14-15-6-8-31(9-7-15)23(13-27)17-4-5-21(28)20(26)10-17/h4-5,10-12,15-16,23H,2-3,6-9,13-14H2,1H3,(H,30,32). The number of hydrogen-bond acceptors (Lipinski definition) is 5. The molecule has 2 fully saturated rings. The number of nitrogens with zero attached hydrogens (tertiary/aromatic N) is 1. The molecule has 0 spiro atoms. The zero-order valence-corrected chi connectivity index (χ0v) is 21.3. The molecule has 1 saturated heterocycles. The van der Waals surface area contributed by atoms with E-state index in [-0.39, 0.29) is 22.4 Å². The summed E-state index contributed by atoms with van der Waals surface area (Å²) in [4.78, 5) is 14.2. The number of amides is 1. The van der Waals surface area contributed by atoms with Crippen molar-refractivity contribution in [2.24, 2.45) is 5.92 Å². The Morgan fingerprint density at radius 1 is 1.14 bits per heavy atom. The van der Waals surface area contributed by atoms with Crippen LogP contribution in [-0.2, 0) is 10.0 Å². The molecule has 0 aromatic heterocycles. The minimum Gasteiger partial charge on any atom is -0.493 e. The molecule has 1 N–H and O–H groups in total. The van der Waals surface area contributed by atoms with Crippen LogP contribution in [0.5, 0.6) is 5.75 Å². The van der Waals surface area contributed by atoms with Crippen LogP contribution in [0.4, 0.5) is 13.2 Å². The Bertz CT molecular complexity index is 1230. The monoisotopic (exact) mass is 544 g/mol. The van der Waals surface area contributed by atoms with Gasteiger partial charge in [-0.2, -0.15) is 0 Å². The Morgan fingerprint density at radius 3 is 2.42 bits per heavy atom. The summed E-state index contributed by atoms with van der Waals surface area (Å²) in [6.07, 6.45) is 4.07. The summed E-state index contributed by atoms with van der Waals surface area (Å²) >= 11 is 5.87. The van der Waals surface area contributed by atoms with Crippen LogP contribution in [0.25, 0.3) is 0 Å². The van der Waals surface area contributed by atoms with Gasteiger partial charge in [0, 0.05) is 6.07 Å². The van der Waals surface area contributed by atoms with Gasteiger partial charge < -0.3 is 4.74 Å². The lowest BCUT2D eigenvalue weighted by molar-refractivity contribution is 0.0933. The van der Waals surface area contributed by atoms with Crippen molar-refractivity contribution in [1.29, 1.82) is 0 Å². The second-order valence-electron chi connectivity index (χ2n) is 9.48. The quantitative estimate of drug-likeness (QED) is 0.481. The molecule has 1 amide bonds. The number of carbonyl (C=O) groups is 1. The number of likely N-dealkylation sites (tertiary alicyclic amines) is 1. The molecule has 2 aromatic carbocycles. The fraction of sp³-hybridized carbons (Fsp3) is 0.480. The highest BCUT2D eigenvalue weighted by Gasteiger charge is 2.31. The van der Waals surface area contributed by atoms with E-state index in [1.165, 1.54) is 18.2 Å². The third-order valence-corrected chi connectivity index (χ3v) is 7.52. The average Bonchev–Trinajstić information content (AvgIpc) is 3.65. The number of carbonyl (C=O) groups excluding carboxylic acids is 1. The summed E-state index contributed by atoms with van der Waals surface area (Å²) in [5.74, 6) is -1.74. The van der Waals surface area contributed by atoms with Gasteiger partial charge in [-0.05, 0) is 79.9 Å². The largest absolute Gasteiger partial charge is 0.493 e. The first-order valence-corrected chi connectivity index (χ1v) is 14.1. The van der Waals surface area contributed by atoms with Crippen molar-refractivity contribution >= 4 is 27.5 Å². The van der Waals surface area contributed by atoms with Crippen LogP contribution < -0.4 is 9.46 Å². The highest BCUT2D eigenvalue weighted by atomic mass is 35.5. The van der Waals surface area contributed by atoms with Crippen molar-refractivity contribution < 1.29 is 31.1 Å². The molecule has 1 aliphatic carbocycles. The van der Waals surface area contributed by atoms with E-state index < -0.39 is 40.3 Å². The van der Waals surface area contributed by atoms with Crippen molar-refractivity contribution in [2.75, 3.05) is 32.6 Å². The zero-order chi connectivity index (χ0) is 26.0. The van der Waals surface area contributed by atoms with E-state index in [2.05, 4.69) is 0 Å². The Hall–Kier alpha value is -2.30. The van der Waals surface area contributed by atoms with Gasteiger partial charge in [0.2, 0.25) is 10.0 Å². The Labute approximate surface area is 213 Å². The Balaban J connectivity index is 1.38. The molecule has 2 aliphatic rings. The molecule has 1 saturated carbocycles. The fourth-order valence-electron chi connectivity index (χ4n) is 4.56. The molecule has 4 rings (SSSR count). The molecule has 2 aromatic rings. The van der Waals surface area contributed by atoms with Gasteiger partial charge in [0.05, 0.1) is 29.5 Å². The molecule has 196 valence electrons. The van der Waals surface area contributed by atoms with E-state index in [0.29, 0.717) is 36.6 Å². The molecule has 36 heavy (non-hydrogen) atoms. The molecule has 0 radical (unpaired) electrons. The van der Waals surface area contributed by atoms with Crippen LogP contribution in [0.2, 0.25) is 5.02 Å². The first-order valence-electron chi connectivity index (χ1n) is 11.8. The summed E-state index contributed by atoms with van der Waals surface area (Å²) in [5.41, 5.74) is 0.988. The van der Waals surface area contributed by atoms with Gasteiger partial charge in [-0.3, -0.25) is 9.69 Å². The van der Waals surface area contributed by atoms with Gasteiger partial charge in [-0.15, -0.1) is 0 Å². The third kappa shape index (κ3) is 6.52. The predicted molar refractivity (Wildman–Crippen MR) is 131 cm³/mol. The average molecular weight is 545 g/mol. The number of alkyl halides is 1. The van der Waals surface area contributed by atoms with Crippen molar-refractivity contribution in [1.82, 2.24) is 9.62 Å². The maximum Gasteiger partial charge on any atom is 0.267 e. The fourth-order valence-corrected chi connectivity index (χ4v) is 5.20. The summed E-state index contributed by atoms with van der Waals surface area (Å²) in [6, 6.07) is 6.28. The SMILES string of the molecule is CS(=O)(=O)NC(=O)c1cc(C2CC2)c(OCC2CCN(C(CF)c3ccc(F)c(Cl)c3)CC2)cc1F. The van der Waals surface area contributed by atoms with Crippen LogP contribution in [0, 0.1) is 17.6 Å². The smallest absolute Gasteiger partial charge is 0.267 e. The van der Waals surface area contributed by atoms with Crippen LogP contribution in [0.3, 0.4) is 0 Å². The van der Waals surface area contributed by atoms with E-state index >= 15 is 0 Å². The van der Waals surface area contributed by atoms with E-state index in [1.807, 2.05) is 4.90 Å². The van der Waals surface area contributed by atoms with Gasteiger partial charge in [0.25, 0.3) is 5.91 Å². The maximum absolute atomic E-state index is 14.7. The molecule has 11 heteroatoms. The van der Waals surface area contributed by atoms with Gasteiger partial charge in [-0.1, -0.05) is 17.7 Å². The van der Waals surface area contributed by atoms with Crippen LogP contribution in [-0.4, -0.2) is 51.9 Å². The molecule has 1 unspecified atom stereocenters. The predicted octanol–water partition coefficient (Wildman–Crippen LogP) is 4.99. The highest BCUT2D eigenvalue weighted by Crippen LogP contribution is 2.45. The summed E-state index contributed by atoms with van der Waals surface area (Å²) in [5, 5.41) is -0.0345. The molecule has 0 bridgehead atoms. The summed E-state index contributed by atoms with van der Waals surface area (Å²) < 4.78 is 72.6. The number of piperidine rings is 1. The zero-order valence-electron chi connectivity index (χ0n) is 19.8. The van der Waals surface area contributed by atoms with Gasteiger partial charge in [0.15, 0.2) is 0 Å². The maximum atomic E-state index is 14.7. The van der Waals surface area contributed by atoms with Crippen molar-refractivity contribution in [2.45, 2.75) is 37.6 Å². The molecule has 1 heterocycles. The number of ether oxygens (including phenoxy) is 1. The molecule has 6 nitrogen and oxygen atoms in total. The first kappa shape index (κ1) is 26.8. The second-order valence-corrected chi connectivity index (χ2v) is 11.6. The van der Waals surface area contributed by atoms with E-state index in [4.69, 9.17) is 16.3 Å². The van der Waals surface area contributed by atoms with Crippen LogP contribution in [0.1, 0.15) is 59.1 Å². The van der Waals surface area contributed by atoms with E-state index in [0.717, 1.165) is 38.0 Å². The van der Waals surface area contributed by atoms with Gasteiger partial charge >= 0.3 is 0 Å². The van der Waals surface area contributed by atoms with Crippen molar-refractivity contribution in [3.05, 3.63) is 63.7 Å². The summed E-state index contributed by atoms with van der Waals surface area (Å²) in [7, 11) is -3.82. The Morgan fingerprint density at radius 2 is 1.83 bits per heavy atom. The second kappa shape index (κ2) is 11.0.